The van der Waals surface area contributed by atoms with E-state index in [1.165, 1.54) is 32.1 Å². The van der Waals surface area contributed by atoms with E-state index in [-0.39, 0.29) is 0 Å². The van der Waals surface area contributed by atoms with Crippen LogP contribution in [0.3, 0.4) is 0 Å². The highest BCUT2D eigenvalue weighted by atomic mass is 16.5. The molecule has 1 saturated heterocycles. The molecule has 0 amide bonds. The lowest BCUT2D eigenvalue weighted by Gasteiger charge is -2.31. The fourth-order valence-corrected chi connectivity index (χ4v) is 3.78. The molecule has 2 nitrogen and oxygen atoms in total. The molecule has 2 heteroatoms. The van der Waals surface area contributed by atoms with Crippen molar-refractivity contribution in [2.75, 3.05) is 19.8 Å². The molecule has 1 heterocycles. The average molecular weight is 273 g/mol. The summed E-state index contributed by atoms with van der Waals surface area (Å²) in [5, 5.41) is 3.81. The van der Waals surface area contributed by atoms with Crippen molar-refractivity contribution in [2.24, 2.45) is 5.92 Å². The van der Waals surface area contributed by atoms with Crippen LogP contribution >= 0.6 is 0 Å². The lowest BCUT2D eigenvalue weighted by atomic mass is 9.82. The zero-order valence-electron chi connectivity index (χ0n) is 12.6. The Hall–Kier alpha value is -0.860. The van der Waals surface area contributed by atoms with Gasteiger partial charge in [0.15, 0.2) is 0 Å². The Morgan fingerprint density at radius 3 is 2.85 bits per heavy atom. The Morgan fingerprint density at radius 1 is 1.20 bits per heavy atom. The van der Waals surface area contributed by atoms with Crippen molar-refractivity contribution < 1.29 is 4.74 Å². The van der Waals surface area contributed by atoms with Gasteiger partial charge in [-0.1, -0.05) is 24.3 Å². The summed E-state index contributed by atoms with van der Waals surface area (Å²) in [5.74, 6) is 1.50. The van der Waals surface area contributed by atoms with Gasteiger partial charge in [0, 0.05) is 25.8 Å². The zero-order chi connectivity index (χ0) is 13.8. The molecule has 3 rings (SSSR count). The number of hydrogen-bond donors (Lipinski definition) is 1. The fourth-order valence-electron chi connectivity index (χ4n) is 3.78. The molecule has 2 atom stereocenters. The number of benzene rings is 1. The van der Waals surface area contributed by atoms with E-state index in [0.717, 1.165) is 25.7 Å². The first-order valence-corrected chi connectivity index (χ1v) is 8.23. The molecule has 110 valence electrons. The lowest BCUT2D eigenvalue weighted by Crippen LogP contribution is -2.39. The van der Waals surface area contributed by atoms with Crippen LogP contribution in [0.15, 0.2) is 24.3 Å². The molecule has 0 aromatic heterocycles. The minimum atomic E-state index is 0.619. The largest absolute Gasteiger partial charge is 0.381 e. The summed E-state index contributed by atoms with van der Waals surface area (Å²) >= 11 is 0. The Morgan fingerprint density at radius 2 is 2.00 bits per heavy atom. The molecule has 1 N–H and O–H groups in total. The van der Waals surface area contributed by atoms with Gasteiger partial charge in [0.05, 0.1) is 0 Å². The highest BCUT2D eigenvalue weighted by Crippen LogP contribution is 2.31. The third-order valence-corrected chi connectivity index (χ3v) is 5.15. The topological polar surface area (TPSA) is 21.3 Å². The van der Waals surface area contributed by atoms with E-state index >= 15 is 0 Å². The minimum Gasteiger partial charge on any atom is -0.381 e. The summed E-state index contributed by atoms with van der Waals surface area (Å²) in [4.78, 5) is 0. The molecule has 2 unspecified atom stereocenters. The second-order valence-corrected chi connectivity index (χ2v) is 6.43. The van der Waals surface area contributed by atoms with E-state index in [9.17, 15) is 0 Å². The van der Waals surface area contributed by atoms with Crippen molar-refractivity contribution in [3.8, 4) is 0 Å². The van der Waals surface area contributed by atoms with Crippen LogP contribution in [0.25, 0.3) is 0 Å². The van der Waals surface area contributed by atoms with Crippen LogP contribution in [0, 0.1) is 5.92 Å². The van der Waals surface area contributed by atoms with Gasteiger partial charge in [-0.25, -0.2) is 0 Å². The van der Waals surface area contributed by atoms with E-state index in [2.05, 4.69) is 36.5 Å². The Balaban J connectivity index is 1.56. The van der Waals surface area contributed by atoms with E-state index < -0.39 is 0 Å². The first-order valence-electron chi connectivity index (χ1n) is 8.23. The molecule has 1 aliphatic carbocycles. The molecule has 0 bridgehead atoms. The van der Waals surface area contributed by atoms with Gasteiger partial charge >= 0.3 is 0 Å². The van der Waals surface area contributed by atoms with Crippen LogP contribution in [-0.4, -0.2) is 25.8 Å². The molecule has 1 aromatic rings. The van der Waals surface area contributed by atoms with Gasteiger partial charge in [-0.2, -0.15) is 0 Å². The van der Waals surface area contributed by atoms with E-state index in [1.807, 2.05) is 0 Å². The van der Waals surface area contributed by atoms with Gasteiger partial charge in [0.25, 0.3) is 0 Å². The zero-order valence-corrected chi connectivity index (χ0v) is 12.6. The molecule has 20 heavy (non-hydrogen) atoms. The highest BCUT2D eigenvalue weighted by Gasteiger charge is 2.23. The van der Waals surface area contributed by atoms with Crippen LogP contribution in [0.5, 0.6) is 0 Å². The van der Waals surface area contributed by atoms with Crippen LogP contribution in [0.4, 0.5) is 0 Å². The van der Waals surface area contributed by atoms with Crippen LogP contribution in [0.2, 0.25) is 0 Å². The fraction of sp³-hybridized carbons (Fsp3) is 0.667. The van der Waals surface area contributed by atoms with Gasteiger partial charge in [-0.3, -0.25) is 0 Å². The summed E-state index contributed by atoms with van der Waals surface area (Å²) < 4.78 is 5.46. The first-order chi connectivity index (χ1) is 9.84. The van der Waals surface area contributed by atoms with Crippen LogP contribution < -0.4 is 5.32 Å². The molecule has 0 spiro atoms. The van der Waals surface area contributed by atoms with Gasteiger partial charge in [0.1, 0.15) is 0 Å². The van der Waals surface area contributed by atoms with Crippen molar-refractivity contribution in [3.63, 3.8) is 0 Å². The van der Waals surface area contributed by atoms with Crippen LogP contribution in [0.1, 0.15) is 49.7 Å². The molecule has 0 radical (unpaired) electrons. The molecule has 0 saturated carbocycles. The van der Waals surface area contributed by atoms with Crippen molar-refractivity contribution in [1.29, 1.82) is 0 Å². The van der Waals surface area contributed by atoms with Gasteiger partial charge in [-0.15, -0.1) is 0 Å². The second kappa shape index (κ2) is 6.73. The van der Waals surface area contributed by atoms with Gasteiger partial charge in [0.2, 0.25) is 0 Å². The van der Waals surface area contributed by atoms with Crippen molar-refractivity contribution in [1.82, 2.24) is 5.32 Å². The maximum Gasteiger partial charge on any atom is 0.0469 e. The monoisotopic (exact) mass is 273 g/mol. The highest BCUT2D eigenvalue weighted by molar-refractivity contribution is 5.32. The Labute approximate surface area is 122 Å². The third kappa shape index (κ3) is 3.24. The minimum absolute atomic E-state index is 0.619. The number of nitrogens with one attached hydrogen (secondary N) is 1. The summed E-state index contributed by atoms with van der Waals surface area (Å²) in [6, 6.07) is 9.63. The Kier molecular flexibility index (Phi) is 4.74. The molecule has 1 aliphatic heterocycles. The van der Waals surface area contributed by atoms with E-state index in [0.29, 0.717) is 12.0 Å². The predicted octanol–water partition coefficient (Wildman–Crippen LogP) is 3.51. The molecular formula is C18H27NO. The lowest BCUT2D eigenvalue weighted by molar-refractivity contribution is 0.0557. The normalized spacial score (nSPS) is 25.1. The predicted molar refractivity (Wildman–Crippen MR) is 83.1 cm³/mol. The summed E-state index contributed by atoms with van der Waals surface area (Å²) in [6.45, 7) is 5.38. The van der Waals surface area contributed by atoms with Crippen LogP contribution in [-0.2, 0) is 11.2 Å². The van der Waals surface area contributed by atoms with Crippen molar-refractivity contribution in [2.45, 2.75) is 51.0 Å². The molecule has 1 fully saturated rings. The SMILES string of the molecule is CC(NCC1CCCc2ccccc21)C1CCOCC1. The number of fused-ring (bicyclic) bond motifs is 1. The first kappa shape index (κ1) is 14.1. The summed E-state index contributed by atoms with van der Waals surface area (Å²) in [6.07, 6.45) is 6.38. The van der Waals surface area contributed by atoms with Gasteiger partial charge < -0.3 is 10.1 Å². The third-order valence-electron chi connectivity index (χ3n) is 5.15. The average Bonchev–Trinajstić information content (AvgIpc) is 2.53. The second-order valence-electron chi connectivity index (χ2n) is 6.43. The summed E-state index contributed by atoms with van der Waals surface area (Å²) in [7, 11) is 0. The van der Waals surface area contributed by atoms with Crippen molar-refractivity contribution in [3.05, 3.63) is 35.4 Å². The quantitative estimate of drug-likeness (QED) is 0.906. The Bertz CT molecular complexity index is 425. The number of hydrogen-bond acceptors (Lipinski definition) is 2. The van der Waals surface area contributed by atoms with E-state index in [1.54, 1.807) is 11.1 Å². The smallest absolute Gasteiger partial charge is 0.0469 e. The maximum absolute atomic E-state index is 5.46. The summed E-state index contributed by atoms with van der Waals surface area (Å²) in [5.41, 5.74) is 3.16. The van der Waals surface area contributed by atoms with E-state index in [4.69, 9.17) is 4.74 Å². The number of aryl methyl sites for hydroxylation is 1. The molecule has 1 aromatic carbocycles. The standard InChI is InChI=1S/C18H27NO/c1-14(15-9-11-20-12-10-15)19-13-17-7-4-6-16-5-2-3-8-18(16)17/h2-3,5,8,14-15,17,19H,4,6-7,9-13H2,1H3. The molecular weight excluding hydrogens is 246 g/mol. The molecule has 2 aliphatic rings. The van der Waals surface area contributed by atoms with Crippen molar-refractivity contribution >= 4 is 0 Å². The number of rotatable bonds is 4. The number of ether oxygens (including phenoxy) is 1. The maximum atomic E-state index is 5.46. The van der Waals surface area contributed by atoms with Gasteiger partial charge in [-0.05, 0) is 62.0 Å².